The van der Waals surface area contributed by atoms with Crippen LogP contribution in [-0.4, -0.2) is 34.0 Å². The Bertz CT molecular complexity index is 1330. The van der Waals surface area contributed by atoms with Crippen LogP contribution < -0.4 is 10.1 Å². The number of ether oxygens (including phenoxy) is 1. The zero-order chi connectivity index (χ0) is 25.9. The topological polar surface area (TPSA) is 55.4 Å². The van der Waals surface area contributed by atoms with E-state index in [1.54, 1.807) is 24.3 Å². The number of hydrogen-bond donors (Lipinski definition) is 1. The van der Waals surface area contributed by atoms with Crippen molar-refractivity contribution in [3.05, 3.63) is 94.0 Å². The van der Waals surface area contributed by atoms with Crippen molar-refractivity contribution < 1.29 is 17.5 Å². The van der Waals surface area contributed by atoms with Crippen molar-refractivity contribution >= 4 is 33.8 Å². The van der Waals surface area contributed by atoms with Gasteiger partial charge >= 0.3 is 0 Å². The summed E-state index contributed by atoms with van der Waals surface area (Å²) in [7, 11) is -3.41. The quantitative estimate of drug-likeness (QED) is 0.268. The smallest absolute Gasteiger partial charge is 0.178 e. The maximum Gasteiger partial charge on any atom is 0.178 e. The molecule has 0 spiro atoms. The van der Waals surface area contributed by atoms with Gasteiger partial charge in [-0.25, -0.2) is 8.42 Å². The fraction of sp³-hybridized carbons (Fsp3) is 0.400. The second-order valence-electron chi connectivity index (χ2n) is 10.1. The summed E-state index contributed by atoms with van der Waals surface area (Å²) >= 11 is 6.17. The predicted molar refractivity (Wildman–Crippen MR) is 153 cm³/mol. The number of sulfone groups is 1. The van der Waals surface area contributed by atoms with Gasteiger partial charge in [0.1, 0.15) is 5.75 Å². The minimum absolute atomic E-state index is 0. The number of aryl methyl sites for hydroxylation is 1. The summed E-state index contributed by atoms with van der Waals surface area (Å²) in [5, 5.41) is 4.54. The highest BCUT2D eigenvalue weighted by atomic mass is 35.5. The Labute approximate surface area is 236 Å². The maximum absolute atomic E-state index is 12.7. The molecular formula is C30H34Cl2FNO3S. The Morgan fingerprint density at radius 1 is 1.03 bits per heavy atom. The molecule has 38 heavy (non-hydrogen) atoms. The highest BCUT2D eigenvalue weighted by molar-refractivity contribution is 7.91. The van der Waals surface area contributed by atoms with Gasteiger partial charge in [-0.05, 0) is 90.9 Å². The molecule has 1 fully saturated rings. The lowest BCUT2D eigenvalue weighted by atomic mass is 9.58. The van der Waals surface area contributed by atoms with Crippen LogP contribution in [0.15, 0.2) is 71.6 Å². The third kappa shape index (κ3) is 6.04. The average Bonchev–Trinajstić information content (AvgIpc) is 2.88. The fourth-order valence-electron chi connectivity index (χ4n) is 5.73. The summed E-state index contributed by atoms with van der Waals surface area (Å²) in [6.07, 6.45) is 5.13. The lowest BCUT2D eigenvalue weighted by molar-refractivity contribution is 0.164. The third-order valence-electron chi connectivity index (χ3n) is 7.88. The SMILES string of the molecule is Cl.O=S(=O)(CCCOc1ccc2c(c1)C(C1(c3ccc(Cl)cc3)CCC1)NCC2)c1ccc(CCF)cc1. The van der Waals surface area contributed by atoms with Crippen molar-refractivity contribution in [2.75, 3.05) is 25.6 Å². The second kappa shape index (κ2) is 12.4. The Hall–Kier alpha value is -2.12. The standard InChI is InChI=1S/C30H33ClFNO3S.ClH/c31-25-8-6-24(7-9-25)30(15-1-16-30)29-28-21-26(10-5-23(28)14-18-33-29)36-19-2-20-37(34,35)27-11-3-22(4-12-27)13-17-32;/h3-12,21,29,33H,1-2,13-20H2;1H. The molecule has 0 amide bonds. The third-order valence-corrected chi connectivity index (χ3v) is 9.95. The lowest BCUT2D eigenvalue weighted by Crippen LogP contribution is -2.49. The molecule has 5 rings (SSSR count). The maximum atomic E-state index is 12.7. The van der Waals surface area contributed by atoms with Gasteiger partial charge in [0.05, 0.1) is 23.9 Å². The lowest BCUT2D eigenvalue weighted by Gasteiger charge is -2.50. The van der Waals surface area contributed by atoms with Crippen LogP contribution in [0.25, 0.3) is 0 Å². The van der Waals surface area contributed by atoms with Crippen molar-refractivity contribution in [1.82, 2.24) is 5.32 Å². The van der Waals surface area contributed by atoms with Crippen LogP contribution in [0.1, 0.15) is 54.0 Å². The zero-order valence-electron chi connectivity index (χ0n) is 21.3. The van der Waals surface area contributed by atoms with Crippen molar-refractivity contribution in [2.45, 2.75) is 54.9 Å². The van der Waals surface area contributed by atoms with Crippen LogP contribution in [-0.2, 0) is 28.1 Å². The van der Waals surface area contributed by atoms with Crippen LogP contribution in [0, 0.1) is 0 Å². The van der Waals surface area contributed by atoms with E-state index in [2.05, 4.69) is 29.6 Å². The molecule has 0 bridgehead atoms. The van der Waals surface area contributed by atoms with E-state index in [1.165, 1.54) is 23.1 Å². The largest absolute Gasteiger partial charge is 0.494 e. The molecule has 2 aliphatic rings. The predicted octanol–water partition coefficient (Wildman–Crippen LogP) is 6.83. The normalized spacial score (nSPS) is 18.1. The molecule has 1 saturated carbocycles. The number of halogens is 3. The van der Waals surface area contributed by atoms with E-state index >= 15 is 0 Å². The summed E-state index contributed by atoms with van der Waals surface area (Å²) in [6.45, 7) is 0.809. The van der Waals surface area contributed by atoms with Gasteiger partial charge in [-0.1, -0.05) is 48.4 Å². The van der Waals surface area contributed by atoms with Crippen LogP contribution in [0.2, 0.25) is 5.02 Å². The molecule has 8 heteroatoms. The Morgan fingerprint density at radius 2 is 1.76 bits per heavy atom. The minimum atomic E-state index is -3.41. The molecule has 1 N–H and O–H groups in total. The Balaban J connectivity index is 0.00000336. The summed E-state index contributed by atoms with van der Waals surface area (Å²) in [6, 6.07) is 21.3. The van der Waals surface area contributed by atoms with E-state index < -0.39 is 16.5 Å². The average molecular weight is 579 g/mol. The number of alkyl halides is 1. The number of fused-ring (bicyclic) bond motifs is 1. The number of rotatable bonds is 10. The van der Waals surface area contributed by atoms with E-state index in [-0.39, 0.29) is 34.5 Å². The first-order chi connectivity index (χ1) is 17.9. The van der Waals surface area contributed by atoms with Gasteiger partial charge in [-0.2, -0.15) is 0 Å². The van der Waals surface area contributed by atoms with Gasteiger partial charge in [0.15, 0.2) is 9.84 Å². The van der Waals surface area contributed by atoms with E-state index in [1.807, 2.05) is 18.2 Å². The zero-order valence-corrected chi connectivity index (χ0v) is 23.7. The number of benzene rings is 3. The first-order valence-electron chi connectivity index (χ1n) is 13.0. The number of hydrogen-bond acceptors (Lipinski definition) is 4. The molecule has 3 aromatic rings. The van der Waals surface area contributed by atoms with Gasteiger partial charge in [-0.15, -0.1) is 12.4 Å². The molecule has 4 nitrogen and oxygen atoms in total. The van der Waals surface area contributed by atoms with E-state index in [0.29, 0.717) is 19.4 Å². The molecular weight excluding hydrogens is 544 g/mol. The molecule has 0 saturated heterocycles. The molecule has 0 radical (unpaired) electrons. The Kier molecular flexibility index (Phi) is 9.40. The highest BCUT2D eigenvalue weighted by Gasteiger charge is 2.47. The van der Waals surface area contributed by atoms with Gasteiger partial charge in [0.25, 0.3) is 0 Å². The van der Waals surface area contributed by atoms with Crippen LogP contribution in [0.3, 0.4) is 0 Å². The highest BCUT2D eigenvalue weighted by Crippen LogP contribution is 2.53. The van der Waals surface area contributed by atoms with Crippen LogP contribution in [0.4, 0.5) is 4.39 Å². The van der Waals surface area contributed by atoms with Crippen molar-refractivity contribution in [2.24, 2.45) is 0 Å². The van der Waals surface area contributed by atoms with Crippen molar-refractivity contribution in [3.63, 3.8) is 0 Å². The molecule has 1 aliphatic heterocycles. The molecule has 1 aliphatic carbocycles. The molecule has 204 valence electrons. The summed E-state index contributed by atoms with van der Waals surface area (Å²) in [5.41, 5.74) is 4.79. The first-order valence-corrected chi connectivity index (χ1v) is 15.1. The van der Waals surface area contributed by atoms with Gasteiger partial charge < -0.3 is 10.1 Å². The second-order valence-corrected chi connectivity index (χ2v) is 12.7. The van der Waals surface area contributed by atoms with Gasteiger partial charge in [0, 0.05) is 22.9 Å². The molecule has 3 aromatic carbocycles. The van der Waals surface area contributed by atoms with Crippen LogP contribution in [0.5, 0.6) is 5.75 Å². The molecule has 1 heterocycles. The van der Waals surface area contributed by atoms with E-state index in [4.69, 9.17) is 16.3 Å². The molecule has 1 atom stereocenters. The van der Waals surface area contributed by atoms with Crippen molar-refractivity contribution in [1.29, 1.82) is 0 Å². The van der Waals surface area contributed by atoms with Gasteiger partial charge in [0.2, 0.25) is 0 Å². The number of nitrogens with one attached hydrogen (secondary N) is 1. The van der Waals surface area contributed by atoms with Crippen LogP contribution >= 0.6 is 24.0 Å². The first kappa shape index (κ1) is 28.9. The fourth-order valence-corrected chi connectivity index (χ4v) is 7.14. The van der Waals surface area contributed by atoms with Crippen molar-refractivity contribution in [3.8, 4) is 5.75 Å². The minimum Gasteiger partial charge on any atom is -0.494 e. The molecule has 1 unspecified atom stereocenters. The molecule has 0 aromatic heterocycles. The summed E-state index contributed by atoms with van der Waals surface area (Å²) in [5.74, 6) is 0.774. The van der Waals surface area contributed by atoms with E-state index in [9.17, 15) is 12.8 Å². The summed E-state index contributed by atoms with van der Waals surface area (Å²) < 4.78 is 44.0. The summed E-state index contributed by atoms with van der Waals surface area (Å²) in [4.78, 5) is 0.269. The monoisotopic (exact) mass is 577 g/mol. The van der Waals surface area contributed by atoms with Gasteiger partial charge in [-0.3, -0.25) is 4.39 Å². The Morgan fingerprint density at radius 3 is 2.42 bits per heavy atom. The van der Waals surface area contributed by atoms with E-state index in [0.717, 1.165) is 42.1 Å².